The minimum atomic E-state index is -0.0658. The zero-order chi connectivity index (χ0) is 14.3. The molecule has 0 saturated heterocycles. The van der Waals surface area contributed by atoms with E-state index in [0.717, 1.165) is 5.56 Å². The molecule has 106 valence electrons. The molecule has 1 aromatic carbocycles. The Kier molecular flexibility index (Phi) is 7.16. The Balaban J connectivity index is 2.40. The smallest absolute Gasteiger partial charge is 0.234 e. The van der Waals surface area contributed by atoms with Gasteiger partial charge in [0.1, 0.15) is 0 Å². The van der Waals surface area contributed by atoms with Crippen LogP contribution in [0.1, 0.15) is 18.5 Å². The van der Waals surface area contributed by atoms with Crippen LogP contribution in [-0.2, 0) is 9.53 Å². The summed E-state index contributed by atoms with van der Waals surface area (Å²) in [6.45, 7) is 3.22. The zero-order valence-electron chi connectivity index (χ0n) is 11.0. The molecule has 0 saturated carbocycles. The average molecular weight is 305 g/mol. The van der Waals surface area contributed by atoms with Gasteiger partial charge in [-0.3, -0.25) is 4.79 Å². The van der Waals surface area contributed by atoms with Crippen molar-refractivity contribution >= 4 is 29.1 Å². The van der Waals surface area contributed by atoms with Gasteiger partial charge in [-0.15, -0.1) is 0 Å². The Morgan fingerprint density at radius 3 is 2.74 bits per heavy atom. The average Bonchev–Trinajstić information content (AvgIpc) is 2.39. The Morgan fingerprint density at radius 2 is 2.11 bits per heavy atom. The van der Waals surface area contributed by atoms with Gasteiger partial charge < -0.3 is 15.4 Å². The van der Waals surface area contributed by atoms with Gasteiger partial charge in [0.05, 0.1) is 23.2 Å². The van der Waals surface area contributed by atoms with Gasteiger partial charge in [-0.25, -0.2) is 0 Å². The van der Waals surface area contributed by atoms with Crippen molar-refractivity contribution in [1.29, 1.82) is 0 Å². The van der Waals surface area contributed by atoms with Crippen molar-refractivity contribution in [3.8, 4) is 0 Å². The fourth-order valence-corrected chi connectivity index (χ4v) is 1.81. The molecule has 6 heteroatoms. The van der Waals surface area contributed by atoms with E-state index >= 15 is 0 Å². The highest BCUT2D eigenvalue weighted by Gasteiger charge is 2.09. The Labute approximate surface area is 123 Å². The summed E-state index contributed by atoms with van der Waals surface area (Å²) in [7, 11) is 1.59. The summed E-state index contributed by atoms with van der Waals surface area (Å²) in [5, 5.41) is 6.89. The summed E-state index contributed by atoms with van der Waals surface area (Å²) in [5.41, 5.74) is 0.985. The molecule has 0 bridgehead atoms. The van der Waals surface area contributed by atoms with Gasteiger partial charge in [0, 0.05) is 19.7 Å². The van der Waals surface area contributed by atoms with Crippen LogP contribution in [0.15, 0.2) is 18.2 Å². The lowest BCUT2D eigenvalue weighted by molar-refractivity contribution is -0.120. The van der Waals surface area contributed by atoms with Gasteiger partial charge in [0.25, 0.3) is 0 Å². The predicted octanol–water partition coefficient (Wildman–Crippen LogP) is 2.41. The van der Waals surface area contributed by atoms with Crippen molar-refractivity contribution < 1.29 is 9.53 Å². The number of methoxy groups -OCH3 is 1. The van der Waals surface area contributed by atoms with E-state index in [-0.39, 0.29) is 18.5 Å². The van der Waals surface area contributed by atoms with E-state index in [0.29, 0.717) is 23.2 Å². The number of halogens is 2. The first kappa shape index (κ1) is 16.2. The standard InChI is InChI=1S/C13H18Cl2N2O2/c1-9(10-3-4-11(14)12(15)7-10)17-8-13(18)16-5-6-19-2/h3-4,7,9,17H,5-6,8H2,1-2H3,(H,16,18). The third kappa shape index (κ3) is 5.78. The van der Waals surface area contributed by atoms with Gasteiger partial charge in [-0.05, 0) is 24.6 Å². The summed E-state index contributed by atoms with van der Waals surface area (Å²) in [6.07, 6.45) is 0. The van der Waals surface area contributed by atoms with Crippen LogP contribution in [0.4, 0.5) is 0 Å². The maximum absolute atomic E-state index is 11.5. The molecule has 0 heterocycles. The molecule has 0 aliphatic heterocycles. The number of amides is 1. The van der Waals surface area contributed by atoms with Gasteiger partial charge in [-0.1, -0.05) is 29.3 Å². The van der Waals surface area contributed by atoms with E-state index in [9.17, 15) is 4.79 Å². The SMILES string of the molecule is COCCNC(=O)CNC(C)c1ccc(Cl)c(Cl)c1. The van der Waals surface area contributed by atoms with Crippen LogP contribution in [-0.4, -0.2) is 32.7 Å². The van der Waals surface area contributed by atoms with E-state index < -0.39 is 0 Å². The topological polar surface area (TPSA) is 50.4 Å². The number of rotatable bonds is 7. The number of benzene rings is 1. The molecule has 1 atom stereocenters. The largest absolute Gasteiger partial charge is 0.383 e. The fourth-order valence-electron chi connectivity index (χ4n) is 1.50. The lowest BCUT2D eigenvalue weighted by atomic mass is 10.1. The Hall–Kier alpha value is -0.810. The fraction of sp³-hybridized carbons (Fsp3) is 0.462. The van der Waals surface area contributed by atoms with E-state index in [1.165, 1.54) is 0 Å². The third-order valence-electron chi connectivity index (χ3n) is 2.64. The second kappa shape index (κ2) is 8.38. The molecule has 4 nitrogen and oxygen atoms in total. The van der Waals surface area contributed by atoms with Crippen molar-refractivity contribution in [1.82, 2.24) is 10.6 Å². The summed E-state index contributed by atoms with van der Waals surface area (Å²) in [6, 6.07) is 5.44. The molecule has 0 aliphatic carbocycles. The molecule has 0 spiro atoms. The van der Waals surface area contributed by atoms with Crippen LogP contribution in [0.5, 0.6) is 0 Å². The summed E-state index contributed by atoms with van der Waals surface area (Å²) < 4.78 is 4.85. The molecule has 2 N–H and O–H groups in total. The predicted molar refractivity (Wildman–Crippen MR) is 77.8 cm³/mol. The first-order chi connectivity index (χ1) is 9.04. The van der Waals surface area contributed by atoms with Crippen LogP contribution in [0.25, 0.3) is 0 Å². The summed E-state index contributed by atoms with van der Waals surface area (Å²) >= 11 is 11.8. The minimum Gasteiger partial charge on any atom is -0.383 e. The van der Waals surface area contributed by atoms with Gasteiger partial charge in [-0.2, -0.15) is 0 Å². The van der Waals surface area contributed by atoms with Gasteiger partial charge in [0.15, 0.2) is 0 Å². The van der Waals surface area contributed by atoms with Gasteiger partial charge in [0.2, 0.25) is 5.91 Å². The quantitative estimate of drug-likeness (QED) is 0.761. The maximum Gasteiger partial charge on any atom is 0.234 e. The van der Waals surface area contributed by atoms with Crippen molar-refractivity contribution in [2.75, 3.05) is 26.8 Å². The molecule has 0 fully saturated rings. The molecular formula is C13H18Cl2N2O2. The minimum absolute atomic E-state index is 0.0166. The van der Waals surface area contributed by atoms with E-state index in [1.807, 2.05) is 13.0 Å². The number of hydrogen-bond donors (Lipinski definition) is 2. The molecule has 0 aliphatic rings. The normalized spacial score (nSPS) is 12.2. The van der Waals surface area contributed by atoms with Crippen molar-refractivity contribution in [2.45, 2.75) is 13.0 Å². The maximum atomic E-state index is 11.5. The molecule has 1 unspecified atom stereocenters. The molecule has 1 aromatic rings. The number of carbonyl (C=O) groups is 1. The monoisotopic (exact) mass is 304 g/mol. The van der Waals surface area contributed by atoms with Gasteiger partial charge >= 0.3 is 0 Å². The third-order valence-corrected chi connectivity index (χ3v) is 3.38. The molecule has 1 rings (SSSR count). The Bertz CT molecular complexity index is 427. The number of ether oxygens (including phenoxy) is 1. The van der Waals surface area contributed by atoms with E-state index in [1.54, 1.807) is 19.2 Å². The highest BCUT2D eigenvalue weighted by molar-refractivity contribution is 6.42. The first-order valence-electron chi connectivity index (χ1n) is 5.98. The van der Waals surface area contributed by atoms with E-state index in [2.05, 4.69) is 10.6 Å². The molecule has 0 aromatic heterocycles. The lowest BCUT2D eigenvalue weighted by Crippen LogP contribution is -2.36. The summed E-state index contributed by atoms with van der Waals surface area (Å²) in [4.78, 5) is 11.5. The molecule has 0 radical (unpaired) electrons. The first-order valence-corrected chi connectivity index (χ1v) is 6.74. The van der Waals surface area contributed by atoms with Crippen LogP contribution < -0.4 is 10.6 Å². The van der Waals surface area contributed by atoms with Crippen LogP contribution >= 0.6 is 23.2 Å². The molecular weight excluding hydrogens is 287 g/mol. The number of carbonyl (C=O) groups excluding carboxylic acids is 1. The van der Waals surface area contributed by atoms with E-state index in [4.69, 9.17) is 27.9 Å². The van der Waals surface area contributed by atoms with Crippen LogP contribution in [0.3, 0.4) is 0 Å². The van der Waals surface area contributed by atoms with Crippen LogP contribution in [0, 0.1) is 0 Å². The van der Waals surface area contributed by atoms with Crippen molar-refractivity contribution in [2.24, 2.45) is 0 Å². The summed E-state index contributed by atoms with van der Waals surface area (Å²) in [5.74, 6) is -0.0658. The van der Waals surface area contributed by atoms with Crippen molar-refractivity contribution in [3.05, 3.63) is 33.8 Å². The highest BCUT2D eigenvalue weighted by atomic mass is 35.5. The number of hydrogen-bond acceptors (Lipinski definition) is 3. The molecule has 1 amide bonds. The lowest BCUT2D eigenvalue weighted by Gasteiger charge is -2.14. The highest BCUT2D eigenvalue weighted by Crippen LogP contribution is 2.25. The number of nitrogens with one attached hydrogen (secondary N) is 2. The molecule has 19 heavy (non-hydrogen) atoms. The Morgan fingerprint density at radius 1 is 1.37 bits per heavy atom. The zero-order valence-corrected chi connectivity index (χ0v) is 12.5. The second-order valence-corrected chi connectivity index (χ2v) is 4.93. The second-order valence-electron chi connectivity index (χ2n) is 4.12. The van der Waals surface area contributed by atoms with Crippen LogP contribution in [0.2, 0.25) is 10.0 Å². The van der Waals surface area contributed by atoms with Crippen molar-refractivity contribution in [3.63, 3.8) is 0 Å².